The van der Waals surface area contributed by atoms with Crippen molar-refractivity contribution in [2.24, 2.45) is 0 Å². The summed E-state index contributed by atoms with van der Waals surface area (Å²) in [5, 5.41) is 14.6. The quantitative estimate of drug-likeness (QED) is 0.515. The van der Waals surface area contributed by atoms with Crippen molar-refractivity contribution in [1.29, 1.82) is 0 Å². The zero-order valence-electron chi connectivity index (χ0n) is 10.7. The van der Waals surface area contributed by atoms with Gasteiger partial charge in [-0.15, -0.1) is 0 Å². The van der Waals surface area contributed by atoms with E-state index >= 15 is 0 Å². The smallest absolute Gasteiger partial charge is 0.270 e. The number of aromatic nitrogens is 2. The Morgan fingerprint density at radius 1 is 1.53 bits per heavy atom. The van der Waals surface area contributed by atoms with Gasteiger partial charge in [-0.3, -0.25) is 10.1 Å². The summed E-state index contributed by atoms with van der Waals surface area (Å²) in [6, 6.07) is 4.13. The molecule has 0 radical (unpaired) electrons. The molecule has 1 heterocycles. The number of nitrogens with zero attached hydrogens (tertiary/aromatic N) is 3. The van der Waals surface area contributed by atoms with Crippen LogP contribution in [0.1, 0.15) is 32.0 Å². The molecule has 1 aromatic carbocycles. The normalized spacial score (nSPS) is 12.3. The third kappa shape index (κ3) is 2.54. The Bertz CT molecular complexity index is 609. The van der Waals surface area contributed by atoms with Crippen LogP contribution in [0.4, 0.5) is 11.4 Å². The van der Waals surface area contributed by atoms with E-state index in [0.29, 0.717) is 17.1 Å². The summed E-state index contributed by atoms with van der Waals surface area (Å²) >= 11 is 0. The summed E-state index contributed by atoms with van der Waals surface area (Å²) < 4.78 is 5.13. The zero-order valence-corrected chi connectivity index (χ0v) is 10.7. The molecule has 0 bridgehead atoms. The van der Waals surface area contributed by atoms with E-state index in [1.807, 2.05) is 13.8 Å². The van der Waals surface area contributed by atoms with Crippen LogP contribution >= 0.6 is 0 Å². The van der Waals surface area contributed by atoms with E-state index in [4.69, 9.17) is 10.3 Å². The molecule has 100 valence electrons. The second-order valence-electron chi connectivity index (χ2n) is 4.30. The Balaban J connectivity index is 2.43. The predicted molar refractivity (Wildman–Crippen MR) is 69.5 cm³/mol. The monoisotopic (exact) mass is 262 g/mol. The van der Waals surface area contributed by atoms with Crippen molar-refractivity contribution < 1.29 is 9.45 Å². The van der Waals surface area contributed by atoms with Gasteiger partial charge < -0.3 is 10.3 Å². The molecule has 0 aliphatic carbocycles. The van der Waals surface area contributed by atoms with Crippen LogP contribution in [0.3, 0.4) is 0 Å². The lowest BCUT2D eigenvalue weighted by atomic mass is 10.1. The number of nitrogens with two attached hydrogens (primary N) is 1. The fourth-order valence-corrected chi connectivity index (χ4v) is 1.57. The van der Waals surface area contributed by atoms with Crippen LogP contribution in [0.25, 0.3) is 11.5 Å². The minimum atomic E-state index is -0.491. The number of rotatable bonds is 4. The summed E-state index contributed by atoms with van der Waals surface area (Å²) in [4.78, 5) is 14.5. The molecule has 1 unspecified atom stereocenters. The summed E-state index contributed by atoms with van der Waals surface area (Å²) in [6.07, 6.45) is 0.878. The number of hydrogen-bond acceptors (Lipinski definition) is 6. The molecule has 0 saturated heterocycles. The molecule has 2 aromatic rings. The molecule has 2 N–H and O–H groups in total. The highest BCUT2D eigenvalue weighted by atomic mass is 16.6. The molecular weight excluding hydrogens is 248 g/mol. The van der Waals surface area contributed by atoms with Gasteiger partial charge in [-0.2, -0.15) is 4.98 Å². The van der Waals surface area contributed by atoms with Gasteiger partial charge in [0.05, 0.1) is 10.5 Å². The molecule has 1 atom stereocenters. The van der Waals surface area contributed by atoms with E-state index in [2.05, 4.69) is 10.1 Å². The number of nitro benzene ring substituents is 1. The van der Waals surface area contributed by atoms with Crippen LogP contribution < -0.4 is 5.73 Å². The van der Waals surface area contributed by atoms with Crippen LogP contribution in [0, 0.1) is 10.1 Å². The van der Waals surface area contributed by atoms with Crippen molar-refractivity contribution in [3.8, 4) is 11.5 Å². The molecule has 1 aromatic heterocycles. The van der Waals surface area contributed by atoms with E-state index in [1.54, 1.807) is 0 Å². The highest BCUT2D eigenvalue weighted by molar-refractivity contribution is 5.73. The highest BCUT2D eigenvalue weighted by Gasteiger charge is 2.18. The summed E-state index contributed by atoms with van der Waals surface area (Å²) in [5.41, 5.74) is 6.48. The van der Waals surface area contributed by atoms with Gasteiger partial charge in [-0.1, -0.05) is 19.0 Å². The van der Waals surface area contributed by atoms with Crippen molar-refractivity contribution >= 4 is 11.4 Å². The maximum Gasteiger partial charge on any atom is 0.270 e. The third-order valence-corrected chi connectivity index (χ3v) is 2.97. The van der Waals surface area contributed by atoms with E-state index in [9.17, 15) is 10.1 Å². The Kier molecular flexibility index (Phi) is 3.46. The molecule has 0 aliphatic rings. The number of anilines is 1. The third-order valence-electron chi connectivity index (χ3n) is 2.97. The lowest BCUT2D eigenvalue weighted by Crippen LogP contribution is -1.95. The SMILES string of the molecule is CCC(C)c1noc(-c2cc([N+](=O)[O-])ccc2N)n1. The molecule has 0 fully saturated rings. The summed E-state index contributed by atoms with van der Waals surface area (Å²) in [7, 11) is 0. The maximum absolute atomic E-state index is 10.8. The zero-order chi connectivity index (χ0) is 14.0. The first-order chi connectivity index (χ1) is 9.02. The average molecular weight is 262 g/mol. The number of benzene rings is 1. The number of non-ortho nitro benzene ring substituents is 1. The molecule has 7 nitrogen and oxygen atoms in total. The second kappa shape index (κ2) is 5.05. The van der Waals surface area contributed by atoms with Crippen molar-refractivity contribution in [3.05, 3.63) is 34.1 Å². The van der Waals surface area contributed by atoms with Gasteiger partial charge in [0, 0.05) is 23.7 Å². The minimum Gasteiger partial charge on any atom is -0.398 e. The Morgan fingerprint density at radius 2 is 2.26 bits per heavy atom. The van der Waals surface area contributed by atoms with Crippen LogP contribution in [0.5, 0.6) is 0 Å². The van der Waals surface area contributed by atoms with Gasteiger partial charge in [0.15, 0.2) is 5.82 Å². The first-order valence-corrected chi connectivity index (χ1v) is 5.90. The molecule has 7 heteroatoms. The molecule has 2 rings (SSSR count). The van der Waals surface area contributed by atoms with Crippen LogP contribution in [-0.4, -0.2) is 15.1 Å². The Morgan fingerprint density at radius 3 is 2.89 bits per heavy atom. The lowest BCUT2D eigenvalue weighted by molar-refractivity contribution is -0.384. The second-order valence-corrected chi connectivity index (χ2v) is 4.30. The highest BCUT2D eigenvalue weighted by Crippen LogP contribution is 2.29. The molecule has 0 spiro atoms. The van der Waals surface area contributed by atoms with Gasteiger partial charge in [-0.25, -0.2) is 0 Å². The van der Waals surface area contributed by atoms with E-state index in [1.165, 1.54) is 18.2 Å². The molecular formula is C12H14N4O3. The number of nitro groups is 1. The van der Waals surface area contributed by atoms with Gasteiger partial charge in [0.25, 0.3) is 11.6 Å². The van der Waals surface area contributed by atoms with Gasteiger partial charge in [-0.05, 0) is 12.5 Å². The maximum atomic E-state index is 10.8. The fraction of sp³-hybridized carbons (Fsp3) is 0.333. The fourth-order valence-electron chi connectivity index (χ4n) is 1.57. The molecule has 19 heavy (non-hydrogen) atoms. The first-order valence-electron chi connectivity index (χ1n) is 5.90. The lowest BCUT2D eigenvalue weighted by Gasteiger charge is -2.01. The molecule has 0 aliphatic heterocycles. The Hall–Kier alpha value is -2.44. The van der Waals surface area contributed by atoms with E-state index in [0.717, 1.165) is 6.42 Å². The number of hydrogen-bond donors (Lipinski definition) is 1. The van der Waals surface area contributed by atoms with E-state index in [-0.39, 0.29) is 17.5 Å². The molecule has 0 saturated carbocycles. The average Bonchev–Trinajstić information content (AvgIpc) is 2.87. The van der Waals surface area contributed by atoms with Crippen LogP contribution in [0.15, 0.2) is 22.7 Å². The van der Waals surface area contributed by atoms with Crippen LogP contribution in [-0.2, 0) is 0 Å². The van der Waals surface area contributed by atoms with Gasteiger partial charge in [0.1, 0.15) is 0 Å². The Labute approximate surface area is 109 Å². The minimum absolute atomic E-state index is 0.0625. The summed E-state index contributed by atoms with van der Waals surface area (Å²) in [5.74, 6) is 0.942. The van der Waals surface area contributed by atoms with Crippen molar-refractivity contribution in [1.82, 2.24) is 10.1 Å². The first kappa shape index (κ1) is 13.0. The topological polar surface area (TPSA) is 108 Å². The summed E-state index contributed by atoms with van der Waals surface area (Å²) in [6.45, 7) is 3.99. The predicted octanol–water partition coefficient (Wildman–Crippen LogP) is 2.74. The largest absolute Gasteiger partial charge is 0.398 e. The van der Waals surface area contributed by atoms with Crippen molar-refractivity contribution in [3.63, 3.8) is 0 Å². The standard InChI is InChI=1S/C12H14N4O3/c1-3-7(2)11-14-12(19-15-11)9-6-8(16(17)18)4-5-10(9)13/h4-7H,3,13H2,1-2H3. The van der Waals surface area contributed by atoms with Crippen molar-refractivity contribution in [2.75, 3.05) is 5.73 Å². The molecule has 0 amide bonds. The number of nitrogen functional groups attached to an aromatic ring is 1. The van der Waals surface area contributed by atoms with Gasteiger partial charge in [0.2, 0.25) is 0 Å². The van der Waals surface area contributed by atoms with E-state index < -0.39 is 4.92 Å². The van der Waals surface area contributed by atoms with Gasteiger partial charge >= 0.3 is 0 Å². The van der Waals surface area contributed by atoms with Crippen molar-refractivity contribution in [2.45, 2.75) is 26.2 Å². The van der Waals surface area contributed by atoms with Crippen LogP contribution in [0.2, 0.25) is 0 Å².